The van der Waals surface area contributed by atoms with Crippen molar-refractivity contribution in [3.63, 3.8) is 0 Å². The Kier molecular flexibility index (Phi) is 4.63. The molecule has 2 N–H and O–H groups in total. The standard InChI is InChI=1S/C16H25N3S/c1-10(2)13-5-7-19(8-6-13)16-14(15(17)20)11(3)9-12(4)18-16/h9-10,13H,5-8H2,1-4H3,(H2,17,20). The van der Waals surface area contributed by atoms with E-state index in [0.717, 1.165) is 47.6 Å². The molecule has 1 aromatic rings. The molecule has 2 rings (SSSR count). The van der Waals surface area contributed by atoms with Gasteiger partial charge >= 0.3 is 0 Å². The van der Waals surface area contributed by atoms with Gasteiger partial charge in [0.25, 0.3) is 0 Å². The first kappa shape index (κ1) is 15.2. The van der Waals surface area contributed by atoms with Crippen LogP contribution < -0.4 is 10.6 Å². The smallest absolute Gasteiger partial charge is 0.139 e. The highest BCUT2D eigenvalue weighted by Crippen LogP contribution is 2.30. The molecule has 110 valence electrons. The molecule has 0 amide bonds. The van der Waals surface area contributed by atoms with Gasteiger partial charge in [-0.15, -0.1) is 0 Å². The van der Waals surface area contributed by atoms with Crippen molar-refractivity contribution in [2.24, 2.45) is 17.6 Å². The molecule has 1 aromatic heterocycles. The van der Waals surface area contributed by atoms with E-state index in [9.17, 15) is 0 Å². The molecule has 1 aliphatic rings. The minimum absolute atomic E-state index is 0.455. The van der Waals surface area contributed by atoms with E-state index in [1.807, 2.05) is 6.92 Å². The number of nitrogens with zero attached hydrogens (tertiary/aromatic N) is 2. The van der Waals surface area contributed by atoms with Gasteiger partial charge in [-0.2, -0.15) is 0 Å². The zero-order valence-corrected chi connectivity index (χ0v) is 13.8. The van der Waals surface area contributed by atoms with Crippen LogP contribution in [-0.2, 0) is 0 Å². The lowest BCUT2D eigenvalue weighted by molar-refractivity contribution is 0.310. The fraction of sp³-hybridized carbons (Fsp3) is 0.625. The summed E-state index contributed by atoms with van der Waals surface area (Å²) in [5.74, 6) is 2.57. The predicted molar refractivity (Wildman–Crippen MR) is 89.4 cm³/mol. The largest absolute Gasteiger partial charge is 0.389 e. The van der Waals surface area contributed by atoms with E-state index in [2.05, 4.69) is 31.7 Å². The molecule has 2 heterocycles. The summed E-state index contributed by atoms with van der Waals surface area (Å²) >= 11 is 5.23. The van der Waals surface area contributed by atoms with Gasteiger partial charge in [0.1, 0.15) is 10.8 Å². The molecule has 0 aliphatic carbocycles. The van der Waals surface area contributed by atoms with Gasteiger partial charge in [-0.05, 0) is 50.2 Å². The van der Waals surface area contributed by atoms with Crippen LogP contribution in [0.5, 0.6) is 0 Å². The highest BCUT2D eigenvalue weighted by atomic mass is 32.1. The van der Waals surface area contributed by atoms with Crippen molar-refractivity contribution in [1.29, 1.82) is 0 Å². The number of aryl methyl sites for hydroxylation is 2. The lowest BCUT2D eigenvalue weighted by Gasteiger charge is -2.35. The number of nitrogens with two attached hydrogens (primary N) is 1. The number of hydrogen-bond acceptors (Lipinski definition) is 3. The maximum absolute atomic E-state index is 5.91. The Morgan fingerprint density at radius 3 is 2.45 bits per heavy atom. The van der Waals surface area contributed by atoms with Crippen LogP contribution >= 0.6 is 12.2 Å². The zero-order chi connectivity index (χ0) is 14.9. The maximum atomic E-state index is 5.91. The van der Waals surface area contributed by atoms with Crippen LogP contribution in [0.2, 0.25) is 0 Å². The fourth-order valence-corrected chi connectivity index (χ4v) is 3.38. The van der Waals surface area contributed by atoms with Crippen molar-refractivity contribution in [3.8, 4) is 0 Å². The SMILES string of the molecule is Cc1cc(C)c(C(N)=S)c(N2CCC(C(C)C)CC2)n1. The van der Waals surface area contributed by atoms with Gasteiger partial charge in [-0.25, -0.2) is 4.98 Å². The Labute approximate surface area is 127 Å². The molecule has 0 aromatic carbocycles. The molecule has 0 atom stereocenters. The van der Waals surface area contributed by atoms with Gasteiger partial charge in [-0.1, -0.05) is 26.1 Å². The molecular formula is C16H25N3S. The van der Waals surface area contributed by atoms with Gasteiger partial charge in [-0.3, -0.25) is 0 Å². The molecular weight excluding hydrogens is 266 g/mol. The Morgan fingerprint density at radius 2 is 1.95 bits per heavy atom. The third kappa shape index (κ3) is 3.11. The molecule has 0 spiro atoms. The molecule has 0 unspecified atom stereocenters. The summed E-state index contributed by atoms with van der Waals surface area (Å²) in [7, 11) is 0. The fourth-order valence-electron chi connectivity index (χ4n) is 3.13. The number of aromatic nitrogens is 1. The molecule has 3 nitrogen and oxygen atoms in total. The van der Waals surface area contributed by atoms with Gasteiger partial charge in [0.2, 0.25) is 0 Å². The van der Waals surface area contributed by atoms with E-state index in [0.29, 0.717) is 4.99 Å². The predicted octanol–water partition coefficient (Wildman–Crippen LogP) is 3.21. The number of hydrogen-bond donors (Lipinski definition) is 1. The van der Waals surface area contributed by atoms with Crippen LogP contribution in [0, 0.1) is 25.7 Å². The molecule has 0 saturated carbocycles. The Hall–Kier alpha value is -1.16. The first-order chi connectivity index (χ1) is 9.40. The topological polar surface area (TPSA) is 42.1 Å². The summed E-state index contributed by atoms with van der Waals surface area (Å²) < 4.78 is 0. The molecule has 20 heavy (non-hydrogen) atoms. The summed E-state index contributed by atoms with van der Waals surface area (Å²) in [5.41, 5.74) is 9.03. The maximum Gasteiger partial charge on any atom is 0.139 e. The molecule has 0 bridgehead atoms. The monoisotopic (exact) mass is 291 g/mol. The van der Waals surface area contributed by atoms with E-state index in [4.69, 9.17) is 22.9 Å². The minimum Gasteiger partial charge on any atom is -0.389 e. The second-order valence-electron chi connectivity index (χ2n) is 6.21. The first-order valence-corrected chi connectivity index (χ1v) is 7.84. The average Bonchev–Trinajstić information content (AvgIpc) is 2.37. The second-order valence-corrected chi connectivity index (χ2v) is 6.65. The normalized spacial score (nSPS) is 16.8. The Bertz CT molecular complexity index is 503. The summed E-state index contributed by atoms with van der Waals surface area (Å²) in [6.45, 7) is 10.8. The van der Waals surface area contributed by atoms with Crippen molar-refractivity contribution in [1.82, 2.24) is 4.98 Å². The van der Waals surface area contributed by atoms with E-state index < -0.39 is 0 Å². The van der Waals surface area contributed by atoms with Gasteiger partial charge in [0.05, 0.1) is 5.56 Å². The Morgan fingerprint density at radius 1 is 1.35 bits per heavy atom. The average molecular weight is 291 g/mol. The summed E-state index contributed by atoms with van der Waals surface area (Å²) in [4.78, 5) is 7.52. The van der Waals surface area contributed by atoms with E-state index in [-0.39, 0.29) is 0 Å². The van der Waals surface area contributed by atoms with E-state index >= 15 is 0 Å². The highest BCUT2D eigenvalue weighted by molar-refractivity contribution is 7.80. The molecule has 1 saturated heterocycles. The number of anilines is 1. The quantitative estimate of drug-likeness (QED) is 0.868. The third-order valence-corrected chi connectivity index (χ3v) is 4.56. The van der Waals surface area contributed by atoms with Crippen molar-refractivity contribution in [3.05, 3.63) is 22.9 Å². The number of piperidine rings is 1. The van der Waals surface area contributed by atoms with Crippen molar-refractivity contribution >= 4 is 23.0 Å². The van der Waals surface area contributed by atoms with Crippen molar-refractivity contribution in [2.45, 2.75) is 40.5 Å². The number of thiocarbonyl (C=S) groups is 1. The van der Waals surface area contributed by atoms with E-state index in [1.165, 1.54) is 12.8 Å². The highest BCUT2D eigenvalue weighted by Gasteiger charge is 2.25. The van der Waals surface area contributed by atoms with Crippen LogP contribution in [0.25, 0.3) is 0 Å². The van der Waals surface area contributed by atoms with Crippen LogP contribution in [-0.4, -0.2) is 23.1 Å². The third-order valence-electron chi connectivity index (χ3n) is 4.35. The lowest BCUT2D eigenvalue weighted by atomic mass is 9.86. The zero-order valence-electron chi connectivity index (χ0n) is 12.9. The summed E-state index contributed by atoms with van der Waals surface area (Å²) in [5, 5.41) is 0. The summed E-state index contributed by atoms with van der Waals surface area (Å²) in [6, 6.07) is 2.05. The number of rotatable bonds is 3. The van der Waals surface area contributed by atoms with Crippen LogP contribution in [0.1, 0.15) is 43.5 Å². The molecule has 0 radical (unpaired) electrons. The molecule has 1 aliphatic heterocycles. The van der Waals surface area contributed by atoms with Crippen LogP contribution in [0.3, 0.4) is 0 Å². The van der Waals surface area contributed by atoms with Gasteiger partial charge in [0, 0.05) is 18.8 Å². The van der Waals surface area contributed by atoms with Crippen molar-refractivity contribution in [2.75, 3.05) is 18.0 Å². The van der Waals surface area contributed by atoms with Crippen molar-refractivity contribution < 1.29 is 0 Å². The minimum atomic E-state index is 0.455. The van der Waals surface area contributed by atoms with Crippen LogP contribution in [0.15, 0.2) is 6.07 Å². The summed E-state index contributed by atoms with van der Waals surface area (Å²) in [6.07, 6.45) is 2.45. The number of pyridine rings is 1. The van der Waals surface area contributed by atoms with Crippen LogP contribution in [0.4, 0.5) is 5.82 Å². The van der Waals surface area contributed by atoms with E-state index in [1.54, 1.807) is 0 Å². The van der Waals surface area contributed by atoms with Gasteiger partial charge in [0.15, 0.2) is 0 Å². The Balaban J connectivity index is 2.27. The first-order valence-electron chi connectivity index (χ1n) is 7.43. The molecule has 1 fully saturated rings. The molecule has 4 heteroatoms. The van der Waals surface area contributed by atoms with Gasteiger partial charge < -0.3 is 10.6 Å². The lowest BCUT2D eigenvalue weighted by Crippen LogP contribution is -2.37. The second kappa shape index (κ2) is 6.08.